The number of rotatable bonds is 7. The summed E-state index contributed by atoms with van der Waals surface area (Å²) in [4.78, 5) is 40.4. The molecule has 218 valence electrons. The van der Waals surface area contributed by atoms with Gasteiger partial charge in [0.25, 0.3) is 5.91 Å². The predicted molar refractivity (Wildman–Crippen MR) is 174 cm³/mol. The van der Waals surface area contributed by atoms with Gasteiger partial charge in [0.2, 0.25) is 0 Å². The van der Waals surface area contributed by atoms with E-state index in [4.69, 9.17) is 4.74 Å². The molecule has 3 aromatic carbocycles. The van der Waals surface area contributed by atoms with E-state index in [9.17, 15) is 9.59 Å². The summed E-state index contributed by atoms with van der Waals surface area (Å²) in [6.07, 6.45) is 0.947. The van der Waals surface area contributed by atoms with Gasteiger partial charge >= 0.3 is 6.09 Å². The molecule has 2 heterocycles. The van der Waals surface area contributed by atoms with E-state index in [1.807, 2.05) is 94.4 Å². The molecule has 9 nitrogen and oxygen atoms in total. The van der Waals surface area contributed by atoms with Crippen LogP contribution in [0.3, 0.4) is 0 Å². The minimum absolute atomic E-state index is 0.246. The molecule has 11 heteroatoms. The maximum atomic E-state index is 13.2. The van der Waals surface area contributed by atoms with Gasteiger partial charge in [-0.2, -0.15) is 0 Å². The SMILES string of the molecule is Cc1ccc2c(Nc3cc(C(=O)Nc4ccc(Br)cc4)ccc3Sc3ccc(NC(=O)OC(C)(C)C)cc3)ncnc2n1. The highest BCUT2D eigenvalue weighted by molar-refractivity contribution is 9.10. The van der Waals surface area contributed by atoms with Crippen molar-refractivity contribution in [3.8, 4) is 0 Å². The van der Waals surface area contributed by atoms with Crippen LogP contribution in [0.1, 0.15) is 36.8 Å². The van der Waals surface area contributed by atoms with Gasteiger partial charge in [0.05, 0.1) is 11.1 Å². The average molecular weight is 658 g/mol. The number of halogens is 1. The Balaban J connectivity index is 1.43. The van der Waals surface area contributed by atoms with E-state index in [-0.39, 0.29) is 5.91 Å². The Labute approximate surface area is 262 Å². The number of aryl methyl sites for hydroxylation is 1. The molecule has 0 radical (unpaired) electrons. The Morgan fingerprint density at radius 3 is 2.28 bits per heavy atom. The smallest absolute Gasteiger partial charge is 0.412 e. The summed E-state index contributed by atoms with van der Waals surface area (Å²) < 4.78 is 6.26. The topological polar surface area (TPSA) is 118 Å². The molecule has 0 aliphatic rings. The fourth-order valence-corrected chi connectivity index (χ4v) is 5.16. The number of hydrogen-bond acceptors (Lipinski definition) is 8. The fourth-order valence-electron chi connectivity index (χ4n) is 4.01. The first-order valence-electron chi connectivity index (χ1n) is 13.4. The predicted octanol–water partition coefficient (Wildman–Crippen LogP) is 8.59. The number of anilines is 4. The molecule has 0 spiro atoms. The summed E-state index contributed by atoms with van der Waals surface area (Å²) in [5.41, 5.74) is 3.29. The van der Waals surface area contributed by atoms with Crippen LogP contribution in [0.5, 0.6) is 0 Å². The number of hydrogen-bond donors (Lipinski definition) is 3. The van der Waals surface area contributed by atoms with Crippen molar-refractivity contribution in [3.05, 3.63) is 101 Å². The number of nitrogens with zero attached hydrogens (tertiary/aromatic N) is 3. The van der Waals surface area contributed by atoms with E-state index in [0.29, 0.717) is 34.1 Å². The zero-order valence-corrected chi connectivity index (χ0v) is 26.3. The summed E-state index contributed by atoms with van der Waals surface area (Å²) in [7, 11) is 0. The number of fused-ring (bicyclic) bond motifs is 1. The van der Waals surface area contributed by atoms with Crippen LogP contribution in [0.25, 0.3) is 11.0 Å². The van der Waals surface area contributed by atoms with Gasteiger partial charge in [-0.15, -0.1) is 0 Å². The largest absolute Gasteiger partial charge is 0.444 e. The third-order valence-electron chi connectivity index (χ3n) is 5.96. The van der Waals surface area contributed by atoms with Gasteiger partial charge in [0.15, 0.2) is 5.65 Å². The molecule has 0 aliphatic carbocycles. The lowest BCUT2D eigenvalue weighted by atomic mass is 10.1. The van der Waals surface area contributed by atoms with Gasteiger partial charge in [0.1, 0.15) is 17.7 Å². The van der Waals surface area contributed by atoms with Gasteiger partial charge in [-0.1, -0.05) is 27.7 Å². The van der Waals surface area contributed by atoms with Crippen LogP contribution in [-0.4, -0.2) is 32.6 Å². The number of benzene rings is 3. The van der Waals surface area contributed by atoms with Crippen molar-refractivity contribution >= 4 is 73.6 Å². The molecule has 2 amide bonds. The monoisotopic (exact) mass is 656 g/mol. The summed E-state index contributed by atoms with van der Waals surface area (Å²) in [5.74, 6) is 0.325. The Morgan fingerprint density at radius 1 is 0.860 bits per heavy atom. The van der Waals surface area contributed by atoms with Crippen molar-refractivity contribution < 1.29 is 14.3 Å². The number of carbonyl (C=O) groups is 2. The second-order valence-corrected chi connectivity index (χ2v) is 12.6. The minimum Gasteiger partial charge on any atom is -0.444 e. The number of pyridine rings is 1. The van der Waals surface area contributed by atoms with Crippen LogP contribution < -0.4 is 16.0 Å². The van der Waals surface area contributed by atoms with E-state index < -0.39 is 11.7 Å². The first-order valence-corrected chi connectivity index (χ1v) is 15.0. The van der Waals surface area contributed by atoms with Crippen LogP contribution in [-0.2, 0) is 4.74 Å². The minimum atomic E-state index is -0.589. The number of carbonyl (C=O) groups excluding carboxylic acids is 2. The second kappa shape index (κ2) is 12.8. The Kier molecular flexibility index (Phi) is 8.93. The molecule has 0 unspecified atom stereocenters. The highest BCUT2D eigenvalue weighted by atomic mass is 79.9. The van der Waals surface area contributed by atoms with Crippen molar-refractivity contribution in [1.82, 2.24) is 15.0 Å². The van der Waals surface area contributed by atoms with Gasteiger partial charge in [-0.25, -0.2) is 19.7 Å². The molecule has 5 rings (SSSR count). The average Bonchev–Trinajstić information content (AvgIpc) is 2.95. The molecule has 0 fully saturated rings. The van der Waals surface area contributed by atoms with Crippen molar-refractivity contribution in [1.29, 1.82) is 0 Å². The highest BCUT2D eigenvalue weighted by Gasteiger charge is 2.17. The lowest BCUT2D eigenvalue weighted by molar-refractivity contribution is 0.0635. The van der Waals surface area contributed by atoms with E-state index in [0.717, 1.165) is 25.3 Å². The molecule has 43 heavy (non-hydrogen) atoms. The third kappa shape index (κ3) is 8.08. The Morgan fingerprint density at radius 2 is 1.56 bits per heavy atom. The van der Waals surface area contributed by atoms with Gasteiger partial charge in [-0.05, 0) is 107 Å². The molecule has 0 saturated carbocycles. The molecule has 0 aliphatic heterocycles. The molecule has 0 atom stereocenters. The Hall–Kier alpha value is -4.48. The summed E-state index contributed by atoms with van der Waals surface area (Å²) in [6.45, 7) is 7.35. The van der Waals surface area contributed by atoms with Gasteiger partial charge in [-0.3, -0.25) is 10.1 Å². The fraction of sp³-hybridized carbons (Fsp3) is 0.156. The summed E-state index contributed by atoms with van der Waals surface area (Å²) >= 11 is 4.92. The summed E-state index contributed by atoms with van der Waals surface area (Å²) in [6, 6.07) is 24.1. The zero-order chi connectivity index (χ0) is 30.6. The normalized spacial score (nSPS) is 11.2. The van der Waals surface area contributed by atoms with Crippen LogP contribution in [0.4, 0.5) is 27.7 Å². The molecule has 0 saturated heterocycles. The lowest BCUT2D eigenvalue weighted by Gasteiger charge is -2.19. The summed E-state index contributed by atoms with van der Waals surface area (Å²) in [5, 5.41) is 9.86. The molecular formula is C32H29BrN6O3S. The molecule has 0 bridgehead atoms. The number of amides is 2. The van der Waals surface area contributed by atoms with Crippen LogP contribution in [0, 0.1) is 6.92 Å². The third-order valence-corrected chi connectivity index (χ3v) is 7.57. The maximum Gasteiger partial charge on any atom is 0.412 e. The molecule has 2 aromatic heterocycles. The highest BCUT2D eigenvalue weighted by Crippen LogP contribution is 2.37. The van der Waals surface area contributed by atoms with Crippen LogP contribution in [0.2, 0.25) is 0 Å². The van der Waals surface area contributed by atoms with E-state index in [2.05, 4.69) is 46.8 Å². The van der Waals surface area contributed by atoms with E-state index in [1.165, 1.54) is 18.1 Å². The molecule has 5 aromatic rings. The van der Waals surface area contributed by atoms with E-state index >= 15 is 0 Å². The maximum absolute atomic E-state index is 13.2. The van der Waals surface area contributed by atoms with Gasteiger partial charge in [0, 0.05) is 36.9 Å². The number of aromatic nitrogens is 3. The molecular weight excluding hydrogens is 628 g/mol. The Bertz CT molecular complexity index is 1790. The quantitative estimate of drug-likeness (QED) is 0.159. The number of nitrogens with one attached hydrogen (secondary N) is 3. The molecule has 3 N–H and O–H groups in total. The van der Waals surface area contributed by atoms with E-state index in [1.54, 1.807) is 12.1 Å². The van der Waals surface area contributed by atoms with Crippen molar-refractivity contribution in [3.63, 3.8) is 0 Å². The number of ether oxygens (including phenoxy) is 1. The first-order chi connectivity index (χ1) is 20.5. The van der Waals surface area contributed by atoms with Crippen molar-refractivity contribution in [2.75, 3.05) is 16.0 Å². The second-order valence-electron chi connectivity index (χ2n) is 10.6. The van der Waals surface area contributed by atoms with Gasteiger partial charge < -0.3 is 15.4 Å². The van der Waals surface area contributed by atoms with Crippen LogP contribution in [0.15, 0.2) is 99.5 Å². The van der Waals surface area contributed by atoms with Crippen molar-refractivity contribution in [2.45, 2.75) is 43.1 Å². The standard InChI is InChI=1S/C32H29BrN6O3S/c1-19-5-15-25-28(36-19)34-18-35-29(25)39-26-17-20(30(40)37-22-9-7-21(33)8-10-22)6-16-27(26)43-24-13-11-23(12-14-24)38-31(41)42-32(2,3)4/h5-18H,1-4H3,(H,37,40)(H,38,41)(H,34,35,36,39). The van der Waals surface area contributed by atoms with Crippen LogP contribution >= 0.6 is 27.7 Å². The first kappa shape index (κ1) is 30.0. The van der Waals surface area contributed by atoms with Crippen molar-refractivity contribution in [2.24, 2.45) is 0 Å². The lowest BCUT2D eigenvalue weighted by Crippen LogP contribution is -2.27. The zero-order valence-electron chi connectivity index (χ0n) is 23.9.